The molecular formula is C27H29ClN4O2. The fourth-order valence-electron chi connectivity index (χ4n) is 4.47. The van der Waals surface area contributed by atoms with Crippen LogP contribution in [0.15, 0.2) is 54.7 Å². The molecule has 34 heavy (non-hydrogen) atoms. The average Bonchev–Trinajstić information content (AvgIpc) is 3.73. The predicted molar refractivity (Wildman–Crippen MR) is 134 cm³/mol. The molecule has 0 radical (unpaired) electrons. The zero-order chi connectivity index (χ0) is 23.5. The van der Waals surface area contributed by atoms with Crippen molar-refractivity contribution in [2.24, 2.45) is 0 Å². The van der Waals surface area contributed by atoms with Gasteiger partial charge in [0.25, 0.3) is 5.91 Å². The Morgan fingerprint density at radius 2 is 1.82 bits per heavy atom. The summed E-state index contributed by atoms with van der Waals surface area (Å²) in [6, 6.07) is 15.7. The maximum absolute atomic E-state index is 13.9. The number of benzene rings is 2. The Labute approximate surface area is 205 Å². The van der Waals surface area contributed by atoms with Crippen LogP contribution in [0.1, 0.15) is 48.0 Å². The SMILES string of the molecule is COc1ccc(CN(C(=O)c2cnc(N3CCCCC3)nc2-c2ccccc2Cl)C2CC2)cc1. The second-order valence-electron chi connectivity index (χ2n) is 8.97. The maximum atomic E-state index is 13.9. The summed E-state index contributed by atoms with van der Waals surface area (Å²) in [5.41, 5.74) is 2.92. The van der Waals surface area contributed by atoms with E-state index in [-0.39, 0.29) is 11.9 Å². The molecule has 0 atom stereocenters. The van der Waals surface area contributed by atoms with Gasteiger partial charge >= 0.3 is 0 Å². The van der Waals surface area contributed by atoms with E-state index in [4.69, 9.17) is 21.3 Å². The van der Waals surface area contributed by atoms with Gasteiger partial charge < -0.3 is 14.5 Å². The van der Waals surface area contributed by atoms with Gasteiger partial charge in [0.15, 0.2) is 0 Å². The van der Waals surface area contributed by atoms with E-state index >= 15 is 0 Å². The van der Waals surface area contributed by atoms with Crippen LogP contribution < -0.4 is 9.64 Å². The summed E-state index contributed by atoms with van der Waals surface area (Å²) in [6.45, 7) is 2.39. The predicted octanol–water partition coefficient (Wildman–Crippen LogP) is 5.60. The van der Waals surface area contributed by atoms with E-state index in [1.807, 2.05) is 53.4 Å². The summed E-state index contributed by atoms with van der Waals surface area (Å²) in [7, 11) is 1.65. The molecule has 2 aliphatic rings. The Hall–Kier alpha value is -3.12. The van der Waals surface area contributed by atoms with E-state index in [1.165, 1.54) is 6.42 Å². The first-order chi connectivity index (χ1) is 16.6. The van der Waals surface area contributed by atoms with Crippen LogP contribution in [-0.2, 0) is 6.54 Å². The van der Waals surface area contributed by atoms with E-state index in [9.17, 15) is 4.79 Å². The van der Waals surface area contributed by atoms with Gasteiger partial charge in [0.05, 0.1) is 18.4 Å². The third kappa shape index (κ3) is 4.87. The number of hydrogen-bond donors (Lipinski definition) is 0. The number of piperidine rings is 1. The summed E-state index contributed by atoms with van der Waals surface area (Å²) in [6.07, 6.45) is 7.20. The Bertz CT molecular complexity index is 1160. The highest BCUT2D eigenvalue weighted by atomic mass is 35.5. The van der Waals surface area contributed by atoms with Gasteiger partial charge in [-0.2, -0.15) is 0 Å². The number of methoxy groups -OCH3 is 1. The van der Waals surface area contributed by atoms with Gasteiger partial charge in [0.2, 0.25) is 5.95 Å². The number of hydrogen-bond acceptors (Lipinski definition) is 5. The van der Waals surface area contributed by atoms with Crippen LogP contribution in [0, 0.1) is 0 Å². The lowest BCUT2D eigenvalue weighted by atomic mass is 10.1. The molecule has 1 aliphatic heterocycles. The summed E-state index contributed by atoms with van der Waals surface area (Å²) < 4.78 is 5.27. The number of amides is 1. The first-order valence-electron chi connectivity index (χ1n) is 11.9. The van der Waals surface area contributed by atoms with Crippen molar-refractivity contribution in [3.8, 4) is 17.0 Å². The lowest BCUT2D eigenvalue weighted by Gasteiger charge is -2.28. The summed E-state index contributed by atoms with van der Waals surface area (Å²) in [5.74, 6) is 1.41. The average molecular weight is 477 g/mol. The third-order valence-corrected chi connectivity index (χ3v) is 6.86. The normalized spacial score (nSPS) is 15.8. The number of nitrogens with zero attached hydrogens (tertiary/aromatic N) is 4. The second kappa shape index (κ2) is 10.0. The molecule has 1 saturated heterocycles. The molecule has 2 heterocycles. The first-order valence-corrected chi connectivity index (χ1v) is 12.3. The fraction of sp³-hybridized carbons (Fsp3) is 0.370. The molecule has 0 unspecified atom stereocenters. The molecule has 1 aliphatic carbocycles. The van der Waals surface area contributed by atoms with Crippen molar-refractivity contribution in [3.63, 3.8) is 0 Å². The lowest BCUT2D eigenvalue weighted by molar-refractivity contribution is 0.0730. The largest absolute Gasteiger partial charge is 0.497 e. The zero-order valence-electron chi connectivity index (χ0n) is 19.4. The molecule has 176 valence electrons. The maximum Gasteiger partial charge on any atom is 0.258 e. The third-order valence-electron chi connectivity index (χ3n) is 6.53. The molecule has 0 N–H and O–H groups in total. The molecule has 7 heteroatoms. The van der Waals surface area contributed by atoms with Crippen LogP contribution in [-0.4, -0.2) is 47.0 Å². The number of carbonyl (C=O) groups excluding carboxylic acids is 1. The van der Waals surface area contributed by atoms with E-state index in [2.05, 4.69) is 9.88 Å². The summed E-state index contributed by atoms with van der Waals surface area (Å²) in [4.78, 5) is 27.6. The zero-order valence-corrected chi connectivity index (χ0v) is 20.2. The molecule has 5 rings (SSSR count). The number of aromatic nitrogens is 2. The van der Waals surface area contributed by atoms with Crippen LogP contribution in [0.3, 0.4) is 0 Å². The molecule has 1 aromatic heterocycles. The van der Waals surface area contributed by atoms with E-state index in [1.54, 1.807) is 13.3 Å². The van der Waals surface area contributed by atoms with Crippen LogP contribution in [0.25, 0.3) is 11.3 Å². The molecule has 0 bridgehead atoms. The van der Waals surface area contributed by atoms with Crippen molar-refractivity contribution < 1.29 is 9.53 Å². The highest BCUT2D eigenvalue weighted by Crippen LogP contribution is 2.34. The van der Waals surface area contributed by atoms with E-state index in [0.29, 0.717) is 28.8 Å². The quantitative estimate of drug-likeness (QED) is 0.444. The highest BCUT2D eigenvalue weighted by molar-refractivity contribution is 6.33. The highest BCUT2D eigenvalue weighted by Gasteiger charge is 2.35. The van der Waals surface area contributed by atoms with Crippen molar-refractivity contribution in [1.29, 1.82) is 0 Å². The van der Waals surface area contributed by atoms with Gasteiger partial charge in [-0.05, 0) is 55.9 Å². The second-order valence-corrected chi connectivity index (χ2v) is 9.38. The molecule has 6 nitrogen and oxygen atoms in total. The molecule has 3 aromatic rings. The smallest absolute Gasteiger partial charge is 0.258 e. The number of halogens is 1. The van der Waals surface area contributed by atoms with Crippen LogP contribution in [0.5, 0.6) is 5.75 Å². The minimum atomic E-state index is -0.0570. The monoisotopic (exact) mass is 476 g/mol. The van der Waals surface area contributed by atoms with Gasteiger partial charge in [0, 0.05) is 42.5 Å². The Morgan fingerprint density at radius 3 is 2.50 bits per heavy atom. The lowest BCUT2D eigenvalue weighted by Crippen LogP contribution is -2.34. The Morgan fingerprint density at radius 1 is 1.09 bits per heavy atom. The van der Waals surface area contributed by atoms with Crippen molar-refractivity contribution in [1.82, 2.24) is 14.9 Å². The Balaban J connectivity index is 1.51. The number of rotatable bonds is 7. The van der Waals surface area contributed by atoms with Gasteiger partial charge in [0.1, 0.15) is 5.75 Å². The molecule has 1 amide bonds. The van der Waals surface area contributed by atoms with Gasteiger partial charge in [-0.25, -0.2) is 9.97 Å². The summed E-state index contributed by atoms with van der Waals surface area (Å²) in [5, 5.41) is 0.577. The van der Waals surface area contributed by atoms with Crippen molar-refractivity contribution >= 4 is 23.5 Å². The molecule has 1 saturated carbocycles. The number of ether oxygens (including phenoxy) is 1. The van der Waals surface area contributed by atoms with Gasteiger partial charge in [-0.1, -0.05) is 41.9 Å². The molecular weight excluding hydrogens is 448 g/mol. The molecule has 2 fully saturated rings. The number of anilines is 1. The van der Waals surface area contributed by atoms with Crippen LogP contribution in [0.4, 0.5) is 5.95 Å². The molecule has 0 spiro atoms. The fourth-order valence-corrected chi connectivity index (χ4v) is 4.69. The Kier molecular flexibility index (Phi) is 6.68. The minimum absolute atomic E-state index is 0.0570. The topological polar surface area (TPSA) is 58.6 Å². The first kappa shape index (κ1) is 22.7. The van der Waals surface area contributed by atoms with Crippen molar-refractivity contribution in [2.75, 3.05) is 25.1 Å². The number of carbonyl (C=O) groups is 1. The summed E-state index contributed by atoms with van der Waals surface area (Å²) >= 11 is 6.58. The van der Waals surface area contributed by atoms with Crippen LogP contribution >= 0.6 is 11.6 Å². The standard InChI is InChI=1S/C27H29ClN4O2/c1-34-21-13-9-19(10-14-21)18-32(20-11-12-20)26(33)23-17-29-27(31-15-5-2-6-16-31)30-25(23)22-7-3-4-8-24(22)28/h3-4,7-10,13-14,17,20H,2,5-6,11-12,15-16,18H2,1H3. The van der Waals surface area contributed by atoms with Gasteiger partial charge in [-0.3, -0.25) is 4.79 Å². The van der Waals surface area contributed by atoms with E-state index < -0.39 is 0 Å². The minimum Gasteiger partial charge on any atom is -0.497 e. The van der Waals surface area contributed by atoms with E-state index in [0.717, 1.165) is 55.6 Å². The molecule has 2 aromatic carbocycles. The van der Waals surface area contributed by atoms with Crippen molar-refractivity contribution in [2.45, 2.75) is 44.7 Å². The van der Waals surface area contributed by atoms with Crippen molar-refractivity contribution in [3.05, 3.63) is 70.9 Å². The van der Waals surface area contributed by atoms with Crippen LogP contribution in [0.2, 0.25) is 5.02 Å². The van der Waals surface area contributed by atoms with Gasteiger partial charge in [-0.15, -0.1) is 0 Å².